The average molecular weight is 409 g/mol. The maximum atomic E-state index is 12.5. The predicted molar refractivity (Wildman–Crippen MR) is 110 cm³/mol. The van der Waals surface area contributed by atoms with Crippen LogP contribution in [0, 0.1) is 0 Å². The third-order valence-electron chi connectivity index (χ3n) is 4.47. The van der Waals surface area contributed by atoms with Crippen molar-refractivity contribution in [3.63, 3.8) is 0 Å². The van der Waals surface area contributed by atoms with Gasteiger partial charge in [0, 0.05) is 27.2 Å². The first-order valence-corrected chi connectivity index (χ1v) is 9.61. The van der Waals surface area contributed by atoms with Gasteiger partial charge in [-0.05, 0) is 12.1 Å². The SMILES string of the molecule is CN(C)c1nc(CNC(=O)c2cnn(-c3ccccc3)n2)nc(N2CCOCC2)n1. The Morgan fingerprint density at radius 1 is 1.13 bits per heavy atom. The molecular formula is C19H23N9O2. The van der Waals surface area contributed by atoms with Crippen molar-refractivity contribution < 1.29 is 9.53 Å². The Bertz CT molecular complexity index is 1000. The molecule has 1 amide bonds. The van der Waals surface area contributed by atoms with Gasteiger partial charge in [-0.25, -0.2) is 0 Å². The third-order valence-corrected chi connectivity index (χ3v) is 4.47. The summed E-state index contributed by atoms with van der Waals surface area (Å²) in [7, 11) is 3.73. The van der Waals surface area contributed by atoms with Crippen molar-refractivity contribution in [2.24, 2.45) is 0 Å². The number of benzene rings is 1. The molecule has 0 unspecified atom stereocenters. The largest absolute Gasteiger partial charge is 0.378 e. The molecule has 0 spiro atoms. The maximum Gasteiger partial charge on any atom is 0.273 e. The van der Waals surface area contributed by atoms with Crippen LogP contribution < -0.4 is 15.1 Å². The summed E-state index contributed by atoms with van der Waals surface area (Å²) in [5.74, 6) is 1.23. The van der Waals surface area contributed by atoms with E-state index in [2.05, 4.69) is 35.4 Å². The third kappa shape index (κ3) is 4.51. The molecule has 1 N–H and O–H groups in total. The first-order chi connectivity index (χ1) is 14.6. The first kappa shape index (κ1) is 19.7. The molecule has 1 aliphatic heterocycles. The quantitative estimate of drug-likeness (QED) is 0.613. The van der Waals surface area contributed by atoms with Crippen LogP contribution in [0.25, 0.3) is 5.69 Å². The fourth-order valence-electron chi connectivity index (χ4n) is 2.88. The number of ether oxygens (including phenoxy) is 1. The molecular weight excluding hydrogens is 386 g/mol. The van der Waals surface area contributed by atoms with Crippen LogP contribution in [-0.2, 0) is 11.3 Å². The number of carbonyl (C=O) groups excluding carboxylic acids is 1. The van der Waals surface area contributed by atoms with E-state index in [1.54, 1.807) is 0 Å². The molecule has 0 atom stereocenters. The molecule has 0 radical (unpaired) electrons. The second kappa shape index (κ2) is 8.82. The number of hydrogen-bond acceptors (Lipinski definition) is 9. The van der Waals surface area contributed by atoms with Gasteiger partial charge in [-0.15, -0.1) is 5.10 Å². The predicted octanol–water partition coefficient (Wildman–Crippen LogP) is 0.285. The number of morpholine rings is 1. The minimum absolute atomic E-state index is 0.151. The molecule has 1 saturated heterocycles. The number of rotatable bonds is 6. The van der Waals surface area contributed by atoms with Gasteiger partial charge >= 0.3 is 0 Å². The van der Waals surface area contributed by atoms with Crippen LogP contribution in [0.4, 0.5) is 11.9 Å². The highest BCUT2D eigenvalue weighted by atomic mass is 16.5. The highest BCUT2D eigenvalue weighted by molar-refractivity contribution is 5.91. The molecule has 156 valence electrons. The summed E-state index contributed by atoms with van der Waals surface area (Å²) in [5.41, 5.74) is 0.994. The number of para-hydroxylation sites is 1. The van der Waals surface area contributed by atoms with Crippen molar-refractivity contribution in [3.05, 3.63) is 48.0 Å². The number of amides is 1. The van der Waals surface area contributed by atoms with E-state index in [9.17, 15) is 4.79 Å². The van der Waals surface area contributed by atoms with E-state index >= 15 is 0 Å². The van der Waals surface area contributed by atoms with Crippen LogP contribution in [0.2, 0.25) is 0 Å². The van der Waals surface area contributed by atoms with Gasteiger partial charge in [0.05, 0.1) is 31.6 Å². The molecule has 11 nitrogen and oxygen atoms in total. The Morgan fingerprint density at radius 2 is 1.90 bits per heavy atom. The van der Waals surface area contributed by atoms with Gasteiger partial charge < -0.3 is 19.9 Å². The lowest BCUT2D eigenvalue weighted by Gasteiger charge is -2.27. The first-order valence-electron chi connectivity index (χ1n) is 9.61. The molecule has 11 heteroatoms. The molecule has 3 heterocycles. The maximum absolute atomic E-state index is 12.5. The van der Waals surface area contributed by atoms with Crippen molar-refractivity contribution in [2.45, 2.75) is 6.54 Å². The van der Waals surface area contributed by atoms with Gasteiger partial charge in [-0.2, -0.15) is 24.8 Å². The van der Waals surface area contributed by atoms with Crippen molar-refractivity contribution in [2.75, 3.05) is 50.2 Å². The number of carbonyl (C=O) groups is 1. The van der Waals surface area contributed by atoms with Crippen LogP contribution >= 0.6 is 0 Å². The van der Waals surface area contributed by atoms with E-state index in [-0.39, 0.29) is 18.1 Å². The Kier molecular flexibility index (Phi) is 5.80. The van der Waals surface area contributed by atoms with E-state index in [1.165, 1.54) is 11.0 Å². The second-order valence-corrected chi connectivity index (χ2v) is 6.88. The summed E-state index contributed by atoms with van der Waals surface area (Å²) in [4.78, 5) is 31.3. The summed E-state index contributed by atoms with van der Waals surface area (Å²) in [5, 5.41) is 11.2. The average Bonchev–Trinajstić information content (AvgIpc) is 3.29. The summed E-state index contributed by atoms with van der Waals surface area (Å²) in [6, 6.07) is 9.40. The summed E-state index contributed by atoms with van der Waals surface area (Å²) >= 11 is 0. The molecule has 0 aliphatic carbocycles. The zero-order valence-corrected chi connectivity index (χ0v) is 16.9. The van der Waals surface area contributed by atoms with E-state index in [1.807, 2.05) is 49.3 Å². The molecule has 4 rings (SSSR count). The Labute approximate surface area is 173 Å². The highest BCUT2D eigenvalue weighted by Crippen LogP contribution is 2.14. The van der Waals surface area contributed by atoms with Crippen molar-refractivity contribution in [1.82, 2.24) is 35.3 Å². The molecule has 0 bridgehead atoms. The van der Waals surface area contributed by atoms with Crippen LogP contribution in [0.3, 0.4) is 0 Å². The topological polar surface area (TPSA) is 114 Å². The summed E-state index contributed by atoms with van der Waals surface area (Å²) < 4.78 is 5.40. The molecule has 2 aromatic heterocycles. The number of hydrogen-bond donors (Lipinski definition) is 1. The normalized spacial score (nSPS) is 13.9. The second-order valence-electron chi connectivity index (χ2n) is 6.88. The van der Waals surface area contributed by atoms with Gasteiger partial charge in [0.2, 0.25) is 11.9 Å². The molecule has 0 saturated carbocycles. The number of nitrogens with one attached hydrogen (secondary N) is 1. The fourth-order valence-corrected chi connectivity index (χ4v) is 2.88. The zero-order chi connectivity index (χ0) is 20.9. The molecule has 1 fully saturated rings. The van der Waals surface area contributed by atoms with Crippen LogP contribution in [0.5, 0.6) is 0 Å². The van der Waals surface area contributed by atoms with Gasteiger partial charge in [0.1, 0.15) is 0 Å². The minimum Gasteiger partial charge on any atom is -0.378 e. The number of nitrogens with zero attached hydrogens (tertiary/aromatic N) is 8. The van der Waals surface area contributed by atoms with Crippen LogP contribution in [0.1, 0.15) is 16.3 Å². The smallest absolute Gasteiger partial charge is 0.273 e. The monoisotopic (exact) mass is 409 g/mol. The lowest BCUT2D eigenvalue weighted by molar-refractivity contribution is 0.0944. The van der Waals surface area contributed by atoms with E-state index < -0.39 is 0 Å². The van der Waals surface area contributed by atoms with Gasteiger partial charge in [-0.1, -0.05) is 18.2 Å². The molecule has 1 aliphatic rings. The van der Waals surface area contributed by atoms with Gasteiger partial charge in [0.25, 0.3) is 5.91 Å². The lowest BCUT2D eigenvalue weighted by atomic mass is 10.3. The van der Waals surface area contributed by atoms with Crippen molar-refractivity contribution >= 4 is 17.8 Å². The Hall–Kier alpha value is -3.60. The highest BCUT2D eigenvalue weighted by Gasteiger charge is 2.18. The zero-order valence-electron chi connectivity index (χ0n) is 16.9. The number of aromatic nitrogens is 6. The number of anilines is 2. The van der Waals surface area contributed by atoms with E-state index in [4.69, 9.17) is 4.74 Å². The van der Waals surface area contributed by atoms with E-state index in [0.717, 1.165) is 5.69 Å². The Balaban J connectivity index is 1.47. The van der Waals surface area contributed by atoms with Gasteiger partial charge in [-0.3, -0.25) is 4.79 Å². The van der Waals surface area contributed by atoms with E-state index in [0.29, 0.717) is 44.0 Å². The molecule has 30 heavy (non-hydrogen) atoms. The summed E-state index contributed by atoms with van der Waals surface area (Å²) in [6.45, 7) is 2.84. The molecule has 1 aromatic carbocycles. The van der Waals surface area contributed by atoms with Crippen LogP contribution in [0.15, 0.2) is 36.5 Å². The standard InChI is InChI=1S/C19H23N9O2/c1-26(2)18-22-16(23-19(24-18)27-8-10-30-11-9-27)13-20-17(29)15-12-21-28(25-15)14-6-4-3-5-7-14/h3-7,12H,8-11,13H2,1-2H3,(H,20,29). The van der Waals surface area contributed by atoms with Crippen molar-refractivity contribution in [3.8, 4) is 5.69 Å². The molecule has 3 aromatic rings. The lowest BCUT2D eigenvalue weighted by Crippen LogP contribution is -2.38. The summed E-state index contributed by atoms with van der Waals surface area (Å²) in [6.07, 6.45) is 1.43. The fraction of sp³-hybridized carbons (Fsp3) is 0.368. The minimum atomic E-state index is -0.350. The van der Waals surface area contributed by atoms with Gasteiger partial charge in [0.15, 0.2) is 11.5 Å². The Morgan fingerprint density at radius 3 is 2.63 bits per heavy atom. The van der Waals surface area contributed by atoms with Crippen molar-refractivity contribution in [1.29, 1.82) is 0 Å². The van der Waals surface area contributed by atoms with Crippen LogP contribution in [-0.4, -0.2) is 76.3 Å².